The van der Waals surface area contributed by atoms with Crippen molar-refractivity contribution in [1.29, 1.82) is 0 Å². The van der Waals surface area contributed by atoms with Crippen LogP contribution in [0.25, 0.3) is 0 Å². The van der Waals surface area contributed by atoms with Crippen molar-refractivity contribution < 1.29 is 23.9 Å². The smallest absolute Gasteiger partial charge is 0.326 e. The third-order valence-corrected chi connectivity index (χ3v) is 4.69. The molecule has 1 fully saturated rings. The van der Waals surface area contributed by atoms with Crippen LogP contribution in [0.15, 0.2) is 18.2 Å². The molecule has 1 atom stereocenters. The van der Waals surface area contributed by atoms with Crippen LogP contribution in [0.4, 0.5) is 5.69 Å². The molecule has 1 aromatic carbocycles. The lowest BCUT2D eigenvalue weighted by Crippen LogP contribution is -2.47. The summed E-state index contributed by atoms with van der Waals surface area (Å²) >= 11 is 0. The van der Waals surface area contributed by atoms with E-state index in [9.17, 15) is 14.4 Å². The Morgan fingerprint density at radius 1 is 1.31 bits per heavy atom. The molecule has 1 unspecified atom stereocenters. The van der Waals surface area contributed by atoms with Crippen molar-refractivity contribution in [2.24, 2.45) is 0 Å². The van der Waals surface area contributed by atoms with Gasteiger partial charge in [-0.15, -0.1) is 0 Å². The lowest BCUT2D eigenvalue weighted by molar-refractivity contribution is -0.148. The number of nitrogens with zero attached hydrogens (tertiary/aromatic N) is 1. The Balaban J connectivity index is 1.58. The minimum Gasteiger partial charge on any atom is -0.479 e. The molecule has 2 aliphatic rings. The van der Waals surface area contributed by atoms with Crippen LogP contribution in [0.5, 0.6) is 5.75 Å². The Bertz CT molecular complexity index is 712. The summed E-state index contributed by atoms with van der Waals surface area (Å²) in [6, 6.07) is 5.63. The van der Waals surface area contributed by atoms with E-state index in [2.05, 4.69) is 5.32 Å². The summed E-state index contributed by atoms with van der Waals surface area (Å²) in [5.74, 6) is -0.686. The van der Waals surface area contributed by atoms with Gasteiger partial charge in [0.1, 0.15) is 12.3 Å². The third kappa shape index (κ3) is 4.15. The summed E-state index contributed by atoms with van der Waals surface area (Å²) in [6.45, 7) is 2.95. The van der Waals surface area contributed by atoms with Crippen LogP contribution in [0.1, 0.15) is 38.2 Å². The first-order valence-corrected chi connectivity index (χ1v) is 8.97. The molecule has 7 heteroatoms. The zero-order chi connectivity index (χ0) is 18.7. The molecule has 1 aliphatic heterocycles. The summed E-state index contributed by atoms with van der Waals surface area (Å²) in [5.41, 5.74) is 1.49. The van der Waals surface area contributed by atoms with Crippen molar-refractivity contribution in [2.75, 3.05) is 18.1 Å². The molecule has 7 nitrogen and oxygen atoms in total. The zero-order valence-corrected chi connectivity index (χ0v) is 15.1. The van der Waals surface area contributed by atoms with Crippen LogP contribution < -0.4 is 15.0 Å². The standard InChI is InChI=1S/C19H24N2O5/c1-12-7-8-16-15(9-12)21(19(24)13(2)26-16)10-18(23)25-11-17(22)20-14-5-3-4-6-14/h7-9,13-14H,3-6,10-11H2,1-2H3,(H,20,22). The van der Waals surface area contributed by atoms with Gasteiger partial charge in [0.15, 0.2) is 12.7 Å². The molecule has 1 heterocycles. The highest BCUT2D eigenvalue weighted by atomic mass is 16.5. The number of nitrogens with one attached hydrogen (secondary N) is 1. The molecule has 0 radical (unpaired) electrons. The molecular weight excluding hydrogens is 336 g/mol. The summed E-state index contributed by atoms with van der Waals surface area (Å²) < 4.78 is 10.6. The number of hydrogen-bond acceptors (Lipinski definition) is 5. The number of amides is 2. The number of carbonyl (C=O) groups excluding carboxylic acids is 3. The SMILES string of the molecule is Cc1ccc2c(c1)N(CC(=O)OCC(=O)NC1CCCC1)C(=O)C(C)O2. The number of anilines is 1. The Morgan fingerprint density at radius 3 is 2.77 bits per heavy atom. The summed E-state index contributed by atoms with van der Waals surface area (Å²) in [6.07, 6.45) is 3.48. The number of carbonyl (C=O) groups is 3. The third-order valence-electron chi connectivity index (χ3n) is 4.69. The van der Waals surface area contributed by atoms with Gasteiger partial charge in [0.2, 0.25) is 0 Å². The number of aryl methyl sites for hydroxylation is 1. The van der Waals surface area contributed by atoms with Crippen molar-refractivity contribution in [3.05, 3.63) is 23.8 Å². The number of benzene rings is 1. The van der Waals surface area contributed by atoms with Crippen molar-refractivity contribution >= 4 is 23.5 Å². The molecule has 0 saturated heterocycles. The van der Waals surface area contributed by atoms with Crippen LogP contribution in [0.2, 0.25) is 0 Å². The largest absolute Gasteiger partial charge is 0.479 e. The van der Waals surface area contributed by atoms with Crippen LogP contribution in [-0.4, -0.2) is 43.1 Å². The van der Waals surface area contributed by atoms with Gasteiger partial charge in [0.25, 0.3) is 11.8 Å². The predicted molar refractivity (Wildman–Crippen MR) is 95.0 cm³/mol. The first-order chi connectivity index (χ1) is 12.4. The van der Waals surface area contributed by atoms with E-state index in [1.165, 1.54) is 4.90 Å². The number of fused-ring (bicyclic) bond motifs is 1. The van der Waals surface area contributed by atoms with Gasteiger partial charge < -0.3 is 14.8 Å². The van der Waals surface area contributed by atoms with Crippen molar-refractivity contribution in [2.45, 2.75) is 51.7 Å². The van der Waals surface area contributed by atoms with E-state index in [1.807, 2.05) is 13.0 Å². The predicted octanol–water partition coefficient (Wildman–Crippen LogP) is 1.71. The maximum atomic E-state index is 12.4. The number of esters is 1. The fourth-order valence-corrected chi connectivity index (χ4v) is 3.34. The molecule has 1 aliphatic carbocycles. The van der Waals surface area contributed by atoms with Crippen molar-refractivity contribution in [1.82, 2.24) is 5.32 Å². The molecule has 0 spiro atoms. The molecule has 3 rings (SSSR count). The molecule has 0 aromatic heterocycles. The van der Waals surface area contributed by atoms with Gasteiger partial charge in [-0.25, -0.2) is 0 Å². The zero-order valence-electron chi connectivity index (χ0n) is 15.1. The first-order valence-electron chi connectivity index (χ1n) is 8.97. The highest BCUT2D eigenvalue weighted by Crippen LogP contribution is 2.34. The van der Waals surface area contributed by atoms with E-state index in [4.69, 9.17) is 9.47 Å². The van der Waals surface area contributed by atoms with Crippen LogP contribution in [-0.2, 0) is 19.1 Å². The number of ether oxygens (including phenoxy) is 2. The van der Waals surface area contributed by atoms with E-state index in [1.54, 1.807) is 19.1 Å². The normalized spacial score (nSPS) is 19.7. The van der Waals surface area contributed by atoms with Crippen LogP contribution >= 0.6 is 0 Å². The highest BCUT2D eigenvalue weighted by Gasteiger charge is 2.33. The number of hydrogen-bond donors (Lipinski definition) is 1. The van der Waals surface area contributed by atoms with Gasteiger partial charge in [0.05, 0.1) is 5.69 Å². The monoisotopic (exact) mass is 360 g/mol. The Hall–Kier alpha value is -2.57. The fourth-order valence-electron chi connectivity index (χ4n) is 3.34. The topological polar surface area (TPSA) is 84.9 Å². The molecule has 0 bridgehead atoms. The quantitative estimate of drug-likeness (QED) is 0.808. The average Bonchev–Trinajstić information content (AvgIpc) is 3.11. The van der Waals surface area contributed by atoms with E-state index in [0.717, 1.165) is 31.2 Å². The van der Waals surface area contributed by atoms with E-state index < -0.39 is 12.1 Å². The average molecular weight is 360 g/mol. The fraction of sp³-hybridized carbons (Fsp3) is 0.526. The molecule has 26 heavy (non-hydrogen) atoms. The number of rotatable bonds is 5. The summed E-state index contributed by atoms with van der Waals surface area (Å²) in [5, 5.41) is 2.86. The lowest BCUT2D eigenvalue weighted by Gasteiger charge is -2.32. The molecular formula is C19H24N2O5. The van der Waals surface area contributed by atoms with Crippen molar-refractivity contribution in [3.8, 4) is 5.75 Å². The van der Waals surface area contributed by atoms with Crippen LogP contribution in [0, 0.1) is 6.92 Å². The van der Waals surface area contributed by atoms with Crippen LogP contribution in [0.3, 0.4) is 0 Å². The first kappa shape index (κ1) is 18.2. The Morgan fingerprint density at radius 2 is 2.04 bits per heavy atom. The second-order valence-electron chi connectivity index (χ2n) is 6.87. The molecule has 1 N–H and O–H groups in total. The minimum atomic E-state index is -0.677. The van der Waals surface area contributed by atoms with Gasteiger partial charge in [-0.05, 0) is 44.4 Å². The lowest BCUT2D eigenvalue weighted by atomic mass is 10.1. The van der Waals surface area contributed by atoms with Gasteiger partial charge >= 0.3 is 5.97 Å². The molecule has 1 aromatic rings. The van der Waals surface area contributed by atoms with E-state index >= 15 is 0 Å². The maximum absolute atomic E-state index is 12.4. The summed E-state index contributed by atoms with van der Waals surface area (Å²) in [7, 11) is 0. The summed E-state index contributed by atoms with van der Waals surface area (Å²) in [4.78, 5) is 37.8. The minimum absolute atomic E-state index is 0.178. The Kier molecular flexibility index (Phi) is 5.44. The molecule has 140 valence electrons. The van der Waals surface area contributed by atoms with Crippen molar-refractivity contribution in [3.63, 3.8) is 0 Å². The van der Waals surface area contributed by atoms with E-state index in [0.29, 0.717) is 11.4 Å². The van der Waals surface area contributed by atoms with E-state index in [-0.39, 0.29) is 31.0 Å². The second kappa shape index (κ2) is 7.76. The second-order valence-corrected chi connectivity index (χ2v) is 6.87. The van der Waals surface area contributed by atoms with Gasteiger partial charge in [-0.1, -0.05) is 18.9 Å². The molecule has 1 saturated carbocycles. The molecule has 2 amide bonds. The Labute approximate surface area is 152 Å². The van der Waals surface area contributed by atoms with Gasteiger partial charge in [-0.3, -0.25) is 19.3 Å². The van der Waals surface area contributed by atoms with Gasteiger partial charge in [-0.2, -0.15) is 0 Å². The maximum Gasteiger partial charge on any atom is 0.326 e. The van der Waals surface area contributed by atoms with Gasteiger partial charge in [0, 0.05) is 6.04 Å². The highest BCUT2D eigenvalue weighted by molar-refractivity contribution is 6.03.